The molecule has 0 aromatic carbocycles. The molecule has 0 spiro atoms. The second-order valence-electron chi connectivity index (χ2n) is 4.81. The number of nitrogens with zero attached hydrogens (tertiary/aromatic N) is 1. The lowest BCUT2D eigenvalue weighted by Crippen LogP contribution is -2.42. The number of hydrogen-bond acceptors (Lipinski definition) is 3. The average Bonchev–Trinajstić information content (AvgIpc) is 2.29. The van der Waals surface area contributed by atoms with Crippen LogP contribution in [0.25, 0.3) is 0 Å². The van der Waals surface area contributed by atoms with Crippen molar-refractivity contribution in [2.75, 3.05) is 25.0 Å². The molecule has 3 nitrogen and oxygen atoms in total. The van der Waals surface area contributed by atoms with Crippen molar-refractivity contribution in [1.29, 1.82) is 0 Å². The number of piperidine rings is 1. The molecule has 0 bridgehead atoms. The van der Waals surface area contributed by atoms with Gasteiger partial charge in [-0.15, -0.1) is 0 Å². The fraction of sp³-hybridized carbons (Fsp3) is 0.583. The van der Waals surface area contributed by atoms with E-state index in [1.54, 1.807) is 6.07 Å². The van der Waals surface area contributed by atoms with E-state index in [0.717, 1.165) is 25.5 Å². The number of nitrogens with one attached hydrogen (secondary N) is 2. The van der Waals surface area contributed by atoms with Crippen molar-refractivity contribution in [2.24, 2.45) is 5.41 Å². The molecule has 0 saturated carbocycles. The molecule has 0 aliphatic carbocycles. The van der Waals surface area contributed by atoms with Crippen molar-refractivity contribution in [1.82, 2.24) is 10.3 Å². The van der Waals surface area contributed by atoms with Crippen LogP contribution in [0.15, 0.2) is 18.3 Å². The Bertz CT molecular complexity index is 331. The van der Waals surface area contributed by atoms with Gasteiger partial charge in [-0.05, 0) is 36.9 Å². The largest absolute Gasteiger partial charge is 0.369 e. The van der Waals surface area contributed by atoms with Crippen molar-refractivity contribution >= 4 is 5.82 Å². The zero-order chi connectivity index (χ0) is 11.4. The number of pyridine rings is 1. The molecule has 88 valence electrons. The third-order valence-corrected chi connectivity index (χ3v) is 3.11. The molecule has 1 saturated heterocycles. The third-order valence-electron chi connectivity index (χ3n) is 3.11. The highest BCUT2D eigenvalue weighted by Gasteiger charge is 2.26. The van der Waals surface area contributed by atoms with E-state index in [1.165, 1.54) is 25.1 Å². The topological polar surface area (TPSA) is 37.0 Å². The van der Waals surface area contributed by atoms with Crippen molar-refractivity contribution in [3.8, 4) is 0 Å². The molecular weight excluding hydrogens is 205 g/mol. The fourth-order valence-corrected chi connectivity index (χ4v) is 2.05. The molecule has 2 N–H and O–H groups in total. The summed E-state index contributed by atoms with van der Waals surface area (Å²) < 4.78 is 12.7. The summed E-state index contributed by atoms with van der Waals surface area (Å²) in [6.45, 7) is 5.28. The Morgan fingerprint density at radius 2 is 2.44 bits per heavy atom. The van der Waals surface area contributed by atoms with Gasteiger partial charge in [0.1, 0.15) is 11.6 Å². The minimum absolute atomic E-state index is 0.272. The Hall–Kier alpha value is -1.16. The van der Waals surface area contributed by atoms with Crippen LogP contribution in [0.2, 0.25) is 0 Å². The second kappa shape index (κ2) is 4.78. The van der Waals surface area contributed by atoms with Gasteiger partial charge in [-0.2, -0.15) is 0 Å². The lowest BCUT2D eigenvalue weighted by molar-refractivity contribution is 0.253. The first-order valence-electron chi connectivity index (χ1n) is 5.74. The molecular formula is C12H18FN3. The molecule has 1 aliphatic rings. The molecule has 2 rings (SSSR count). The first kappa shape index (κ1) is 11.3. The molecule has 1 fully saturated rings. The van der Waals surface area contributed by atoms with E-state index >= 15 is 0 Å². The van der Waals surface area contributed by atoms with E-state index in [2.05, 4.69) is 22.5 Å². The zero-order valence-corrected chi connectivity index (χ0v) is 9.59. The molecule has 0 radical (unpaired) electrons. The molecule has 0 amide bonds. The smallest absolute Gasteiger partial charge is 0.141 e. The maximum Gasteiger partial charge on any atom is 0.141 e. The summed E-state index contributed by atoms with van der Waals surface area (Å²) in [4.78, 5) is 3.99. The van der Waals surface area contributed by atoms with E-state index in [-0.39, 0.29) is 11.2 Å². The Kier molecular flexibility index (Phi) is 3.39. The minimum Gasteiger partial charge on any atom is -0.369 e. The van der Waals surface area contributed by atoms with Crippen molar-refractivity contribution in [3.63, 3.8) is 0 Å². The summed E-state index contributed by atoms with van der Waals surface area (Å²) in [6, 6.07) is 3.10. The van der Waals surface area contributed by atoms with Gasteiger partial charge in [-0.1, -0.05) is 6.92 Å². The van der Waals surface area contributed by atoms with E-state index in [9.17, 15) is 4.39 Å². The number of hydrogen-bond donors (Lipinski definition) is 2. The number of aromatic nitrogens is 1. The van der Waals surface area contributed by atoms with Crippen LogP contribution in [0.4, 0.5) is 10.2 Å². The summed E-state index contributed by atoms with van der Waals surface area (Å²) >= 11 is 0. The molecule has 16 heavy (non-hydrogen) atoms. The third kappa shape index (κ3) is 2.92. The van der Waals surface area contributed by atoms with E-state index in [1.807, 2.05) is 0 Å². The molecule has 1 unspecified atom stereocenters. The average molecular weight is 223 g/mol. The lowest BCUT2D eigenvalue weighted by Gasteiger charge is -2.34. The molecule has 1 aliphatic heterocycles. The van der Waals surface area contributed by atoms with E-state index < -0.39 is 0 Å². The summed E-state index contributed by atoms with van der Waals surface area (Å²) in [5, 5.41) is 6.66. The van der Waals surface area contributed by atoms with Crippen molar-refractivity contribution < 1.29 is 4.39 Å². The number of anilines is 1. The van der Waals surface area contributed by atoms with Crippen LogP contribution in [0.3, 0.4) is 0 Å². The Balaban J connectivity index is 1.88. The quantitative estimate of drug-likeness (QED) is 0.823. The first-order valence-corrected chi connectivity index (χ1v) is 5.74. The van der Waals surface area contributed by atoms with E-state index in [0.29, 0.717) is 0 Å². The van der Waals surface area contributed by atoms with Crippen LogP contribution in [0, 0.1) is 11.2 Å². The maximum absolute atomic E-state index is 12.7. The number of rotatable bonds is 3. The zero-order valence-electron chi connectivity index (χ0n) is 9.59. The second-order valence-corrected chi connectivity index (χ2v) is 4.81. The van der Waals surface area contributed by atoms with Crippen LogP contribution in [-0.4, -0.2) is 24.6 Å². The van der Waals surface area contributed by atoms with Crippen LogP contribution >= 0.6 is 0 Å². The lowest BCUT2D eigenvalue weighted by atomic mass is 9.83. The number of halogens is 1. The molecule has 2 heterocycles. The molecule has 1 atom stereocenters. The summed E-state index contributed by atoms with van der Waals surface area (Å²) in [5.41, 5.74) is 0.272. The van der Waals surface area contributed by atoms with Gasteiger partial charge in [-0.3, -0.25) is 0 Å². The SMILES string of the molecule is CC1(CNc2ccc(F)cn2)CCCNC1. The Morgan fingerprint density at radius 3 is 3.06 bits per heavy atom. The van der Waals surface area contributed by atoms with Gasteiger partial charge in [0.25, 0.3) is 0 Å². The summed E-state index contributed by atoms with van der Waals surface area (Å²) in [7, 11) is 0. The van der Waals surface area contributed by atoms with Gasteiger partial charge in [0.05, 0.1) is 6.20 Å². The Labute approximate surface area is 95.5 Å². The predicted molar refractivity (Wildman–Crippen MR) is 62.9 cm³/mol. The molecule has 1 aromatic rings. The first-order chi connectivity index (χ1) is 7.68. The van der Waals surface area contributed by atoms with Gasteiger partial charge in [-0.25, -0.2) is 9.37 Å². The summed E-state index contributed by atoms with van der Waals surface area (Å²) in [5.74, 6) is 0.448. The van der Waals surface area contributed by atoms with Crippen LogP contribution in [0.1, 0.15) is 19.8 Å². The van der Waals surface area contributed by atoms with E-state index in [4.69, 9.17) is 0 Å². The highest BCUT2D eigenvalue weighted by atomic mass is 19.1. The van der Waals surface area contributed by atoms with Crippen LogP contribution < -0.4 is 10.6 Å². The van der Waals surface area contributed by atoms with Gasteiger partial charge >= 0.3 is 0 Å². The Morgan fingerprint density at radius 1 is 1.56 bits per heavy atom. The normalized spacial score (nSPS) is 25.4. The predicted octanol–water partition coefficient (Wildman–Crippen LogP) is 2.02. The highest BCUT2D eigenvalue weighted by molar-refractivity contribution is 5.33. The van der Waals surface area contributed by atoms with Crippen molar-refractivity contribution in [3.05, 3.63) is 24.1 Å². The fourth-order valence-electron chi connectivity index (χ4n) is 2.05. The van der Waals surface area contributed by atoms with Gasteiger partial charge in [0, 0.05) is 13.1 Å². The molecule has 1 aromatic heterocycles. The van der Waals surface area contributed by atoms with Crippen LogP contribution in [0.5, 0.6) is 0 Å². The monoisotopic (exact) mass is 223 g/mol. The van der Waals surface area contributed by atoms with Gasteiger partial charge in [0.2, 0.25) is 0 Å². The highest BCUT2D eigenvalue weighted by Crippen LogP contribution is 2.25. The summed E-state index contributed by atoms with van der Waals surface area (Å²) in [6.07, 6.45) is 3.67. The maximum atomic E-state index is 12.7. The minimum atomic E-state index is -0.295. The van der Waals surface area contributed by atoms with Gasteiger partial charge in [0.15, 0.2) is 0 Å². The standard InChI is InChI=1S/C12H18FN3/c1-12(5-2-6-14-8-12)9-16-11-4-3-10(13)7-15-11/h3-4,7,14H,2,5-6,8-9H2,1H3,(H,15,16). The van der Waals surface area contributed by atoms with Crippen LogP contribution in [-0.2, 0) is 0 Å². The molecule has 4 heteroatoms. The van der Waals surface area contributed by atoms with Gasteiger partial charge < -0.3 is 10.6 Å². The van der Waals surface area contributed by atoms with Crippen molar-refractivity contribution in [2.45, 2.75) is 19.8 Å².